The van der Waals surface area contributed by atoms with E-state index >= 15 is 0 Å². The van der Waals surface area contributed by atoms with Crippen LogP contribution in [-0.2, 0) is 17.8 Å². The van der Waals surface area contributed by atoms with Crippen LogP contribution in [0.1, 0.15) is 23.4 Å². The number of carbonyl (C=O) groups is 1. The molecule has 23 heavy (non-hydrogen) atoms. The summed E-state index contributed by atoms with van der Waals surface area (Å²) >= 11 is 1.59. The Hall–Kier alpha value is -2.08. The second-order valence-corrected chi connectivity index (χ2v) is 6.52. The Labute approximate surface area is 139 Å². The number of ether oxygens (including phenoxy) is 2. The summed E-state index contributed by atoms with van der Waals surface area (Å²) in [6, 6.07) is 5.98. The third-order valence-corrected chi connectivity index (χ3v) is 4.66. The molecule has 0 radical (unpaired) electrons. The van der Waals surface area contributed by atoms with Gasteiger partial charge in [0.15, 0.2) is 11.5 Å². The summed E-state index contributed by atoms with van der Waals surface area (Å²) in [7, 11) is 3.20. The van der Waals surface area contributed by atoms with E-state index < -0.39 is 0 Å². The first-order valence-electron chi connectivity index (χ1n) is 7.60. The molecule has 5 nitrogen and oxygen atoms in total. The van der Waals surface area contributed by atoms with E-state index in [0.29, 0.717) is 30.5 Å². The van der Waals surface area contributed by atoms with Crippen LogP contribution < -0.4 is 9.47 Å². The number of thiazole rings is 1. The van der Waals surface area contributed by atoms with Crippen molar-refractivity contribution in [3.05, 3.63) is 40.3 Å². The maximum atomic E-state index is 12.7. The molecule has 1 aromatic carbocycles. The quantitative estimate of drug-likeness (QED) is 0.782. The lowest BCUT2D eigenvalue weighted by Crippen LogP contribution is -2.33. The van der Waals surface area contributed by atoms with Crippen LogP contribution in [0.15, 0.2) is 29.8 Å². The van der Waals surface area contributed by atoms with Gasteiger partial charge in [-0.3, -0.25) is 4.79 Å². The SMILES string of the molecule is COc1ccc(CC(=O)N(Cc2nccs2)C2CC2)cc1OC. The minimum atomic E-state index is 0.134. The predicted octanol–water partition coefficient (Wildman–Crippen LogP) is 2.89. The summed E-state index contributed by atoms with van der Waals surface area (Å²) in [4.78, 5) is 19.0. The summed E-state index contributed by atoms with van der Waals surface area (Å²) < 4.78 is 10.5. The van der Waals surface area contributed by atoms with Crippen LogP contribution in [0, 0.1) is 0 Å². The monoisotopic (exact) mass is 332 g/mol. The highest BCUT2D eigenvalue weighted by Gasteiger charge is 2.32. The van der Waals surface area contributed by atoms with Gasteiger partial charge in [-0.25, -0.2) is 4.98 Å². The van der Waals surface area contributed by atoms with Gasteiger partial charge in [0.2, 0.25) is 5.91 Å². The smallest absolute Gasteiger partial charge is 0.227 e. The van der Waals surface area contributed by atoms with Crippen molar-refractivity contribution >= 4 is 17.2 Å². The van der Waals surface area contributed by atoms with Crippen molar-refractivity contribution in [2.24, 2.45) is 0 Å². The molecular weight excluding hydrogens is 312 g/mol. The van der Waals surface area contributed by atoms with Gasteiger partial charge in [0.1, 0.15) is 5.01 Å². The zero-order chi connectivity index (χ0) is 16.2. The second kappa shape index (κ2) is 7.00. The van der Waals surface area contributed by atoms with Gasteiger partial charge in [-0.05, 0) is 30.5 Å². The van der Waals surface area contributed by atoms with E-state index in [0.717, 1.165) is 23.4 Å². The molecule has 1 aliphatic rings. The molecule has 0 N–H and O–H groups in total. The molecule has 0 saturated heterocycles. The average molecular weight is 332 g/mol. The van der Waals surface area contributed by atoms with Crippen LogP contribution in [0.3, 0.4) is 0 Å². The molecule has 122 valence electrons. The highest BCUT2D eigenvalue weighted by atomic mass is 32.1. The lowest BCUT2D eigenvalue weighted by Gasteiger charge is -2.21. The van der Waals surface area contributed by atoms with Crippen molar-refractivity contribution in [2.45, 2.75) is 31.8 Å². The molecule has 1 heterocycles. The molecule has 1 amide bonds. The Bertz CT molecular complexity index is 668. The summed E-state index contributed by atoms with van der Waals surface area (Å²) in [5, 5.41) is 2.93. The van der Waals surface area contributed by atoms with Gasteiger partial charge < -0.3 is 14.4 Å². The number of rotatable bonds is 7. The fraction of sp³-hybridized carbons (Fsp3) is 0.412. The molecule has 1 aromatic heterocycles. The van der Waals surface area contributed by atoms with E-state index in [1.165, 1.54) is 0 Å². The van der Waals surface area contributed by atoms with Gasteiger partial charge in [-0.1, -0.05) is 6.07 Å². The third kappa shape index (κ3) is 3.82. The molecule has 2 aromatic rings. The minimum Gasteiger partial charge on any atom is -0.493 e. The molecule has 6 heteroatoms. The summed E-state index contributed by atoms with van der Waals surface area (Å²) in [5.41, 5.74) is 0.928. The Morgan fingerprint density at radius 1 is 1.30 bits per heavy atom. The molecule has 0 atom stereocenters. The van der Waals surface area contributed by atoms with Crippen molar-refractivity contribution in [3.8, 4) is 11.5 Å². The molecule has 1 saturated carbocycles. The van der Waals surface area contributed by atoms with E-state index in [1.54, 1.807) is 31.8 Å². The fourth-order valence-electron chi connectivity index (χ4n) is 2.55. The molecule has 0 bridgehead atoms. The summed E-state index contributed by atoms with van der Waals surface area (Å²) in [6.45, 7) is 0.606. The topological polar surface area (TPSA) is 51.7 Å². The first kappa shape index (κ1) is 15.8. The highest BCUT2D eigenvalue weighted by Crippen LogP contribution is 2.31. The number of carbonyl (C=O) groups excluding carboxylic acids is 1. The Balaban J connectivity index is 1.71. The van der Waals surface area contributed by atoms with Gasteiger partial charge in [0, 0.05) is 17.6 Å². The molecule has 3 rings (SSSR count). The zero-order valence-corrected chi connectivity index (χ0v) is 14.1. The van der Waals surface area contributed by atoms with E-state index in [1.807, 2.05) is 28.5 Å². The fourth-order valence-corrected chi connectivity index (χ4v) is 3.16. The van der Waals surface area contributed by atoms with Crippen molar-refractivity contribution in [3.63, 3.8) is 0 Å². The van der Waals surface area contributed by atoms with E-state index in [-0.39, 0.29) is 5.91 Å². The number of benzene rings is 1. The van der Waals surface area contributed by atoms with Gasteiger partial charge in [0.25, 0.3) is 0 Å². The molecule has 0 unspecified atom stereocenters. The van der Waals surface area contributed by atoms with Crippen molar-refractivity contribution < 1.29 is 14.3 Å². The number of amides is 1. The largest absolute Gasteiger partial charge is 0.493 e. The number of hydrogen-bond acceptors (Lipinski definition) is 5. The molecule has 0 aliphatic heterocycles. The summed E-state index contributed by atoms with van der Waals surface area (Å²) in [6.07, 6.45) is 4.32. The van der Waals surface area contributed by atoms with Gasteiger partial charge in [-0.15, -0.1) is 11.3 Å². The maximum Gasteiger partial charge on any atom is 0.227 e. The van der Waals surface area contributed by atoms with Gasteiger partial charge in [0.05, 0.1) is 27.2 Å². The zero-order valence-electron chi connectivity index (χ0n) is 13.3. The average Bonchev–Trinajstić information content (AvgIpc) is 3.28. The van der Waals surface area contributed by atoms with Crippen molar-refractivity contribution in [1.29, 1.82) is 0 Å². The summed E-state index contributed by atoms with van der Waals surface area (Å²) in [5.74, 6) is 1.45. The standard InChI is InChI=1S/C17H20N2O3S/c1-21-14-6-3-12(9-15(14)22-2)10-17(20)19(13-4-5-13)11-16-18-7-8-23-16/h3,6-9,13H,4-5,10-11H2,1-2H3. The van der Waals surface area contributed by atoms with Gasteiger partial charge in [-0.2, -0.15) is 0 Å². The normalized spacial score (nSPS) is 13.7. The lowest BCUT2D eigenvalue weighted by atomic mass is 10.1. The highest BCUT2D eigenvalue weighted by molar-refractivity contribution is 7.09. The maximum absolute atomic E-state index is 12.7. The lowest BCUT2D eigenvalue weighted by molar-refractivity contribution is -0.131. The van der Waals surface area contributed by atoms with Crippen LogP contribution in [0.5, 0.6) is 11.5 Å². The molecule has 0 spiro atoms. The van der Waals surface area contributed by atoms with Crippen LogP contribution >= 0.6 is 11.3 Å². The molecule has 1 fully saturated rings. The number of aromatic nitrogens is 1. The van der Waals surface area contributed by atoms with E-state index in [9.17, 15) is 4.79 Å². The number of nitrogens with zero attached hydrogens (tertiary/aromatic N) is 2. The van der Waals surface area contributed by atoms with Crippen LogP contribution in [-0.4, -0.2) is 36.1 Å². The minimum absolute atomic E-state index is 0.134. The number of methoxy groups -OCH3 is 2. The van der Waals surface area contributed by atoms with Crippen LogP contribution in [0.25, 0.3) is 0 Å². The number of hydrogen-bond donors (Lipinski definition) is 0. The first-order valence-corrected chi connectivity index (χ1v) is 8.48. The van der Waals surface area contributed by atoms with E-state index in [4.69, 9.17) is 9.47 Å². The molecular formula is C17H20N2O3S. The second-order valence-electron chi connectivity index (χ2n) is 5.54. The van der Waals surface area contributed by atoms with Gasteiger partial charge >= 0.3 is 0 Å². The third-order valence-electron chi connectivity index (χ3n) is 3.90. The van der Waals surface area contributed by atoms with Crippen LogP contribution in [0.2, 0.25) is 0 Å². The van der Waals surface area contributed by atoms with Crippen molar-refractivity contribution in [2.75, 3.05) is 14.2 Å². The predicted molar refractivity (Wildman–Crippen MR) is 88.9 cm³/mol. The Morgan fingerprint density at radius 2 is 2.09 bits per heavy atom. The van der Waals surface area contributed by atoms with E-state index in [2.05, 4.69) is 4.98 Å². The Morgan fingerprint density at radius 3 is 2.70 bits per heavy atom. The van der Waals surface area contributed by atoms with Crippen LogP contribution in [0.4, 0.5) is 0 Å². The van der Waals surface area contributed by atoms with Crippen molar-refractivity contribution in [1.82, 2.24) is 9.88 Å². The first-order chi connectivity index (χ1) is 11.2. The molecule has 1 aliphatic carbocycles. The Kier molecular flexibility index (Phi) is 4.81.